The van der Waals surface area contributed by atoms with Crippen LogP contribution in [0.25, 0.3) is 0 Å². The minimum absolute atomic E-state index is 0.0508. The van der Waals surface area contributed by atoms with Crippen molar-refractivity contribution in [3.8, 4) is 6.07 Å². The number of aromatic nitrogens is 2. The highest BCUT2D eigenvalue weighted by molar-refractivity contribution is 8.13. The molecule has 0 amide bonds. The first-order valence-corrected chi connectivity index (χ1v) is 7.86. The molecule has 0 fully saturated rings. The average molecular weight is 310 g/mol. The molecule has 0 saturated carbocycles. The molecule has 0 aliphatic rings. The molecule has 0 saturated heterocycles. The molecule has 0 radical (unpaired) electrons. The van der Waals surface area contributed by atoms with Crippen LogP contribution in [0.5, 0.6) is 0 Å². The Morgan fingerprint density at radius 1 is 1.44 bits per heavy atom. The SMILES string of the molecule is CC(C)(C)c1nn(CCC#N)c(Cl)c1S(=O)(=O)Cl. The van der Waals surface area contributed by atoms with E-state index < -0.39 is 14.5 Å². The van der Waals surface area contributed by atoms with Crippen molar-refractivity contribution in [3.05, 3.63) is 10.8 Å². The molecule has 0 unspecified atom stereocenters. The summed E-state index contributed by atoms with van der Waals surface area (Å²) in [6.07, 6.45) is 0.187. The quantitative estimate of drug-likeness (QED) is 0.804. The smallest absolute Gasteiger partial charge is 0.251 e. The van der Waals surface area contributed by atoms with Gasteiger partial charge < -0.3 is 0 Å². The second-order valence-electron chi connectivity index (χ2n) is 4.79. The van der Waals surface area contributed by atoms with E-state index in [4.69, 9.17) is 27.5 Å². The van der Waals surface area contributed by atoms with Gasteiger partial charge in [0, 0.05) is 16.1 Å². The van der Waals surface area contributed by atoms with Gasteiger partial charge in [-0.3, -0.25) is 4.68 Å². The standard InChI is InChI=1S/C10H13Cl2N3O2S/c1-10(2,3)8-7(18(12,16)17)9(11)15(14-8)6-4-5-13/h4,6H2,1-3H3. The molecule has 18 heavy (non-hydrogen) atoms. The lowest BCUT2D eigenvalue weighted by Gasteiger charge is -2.16. The molecule has 1 heterocycles. The molecule has 0 aromatic carbocycles. The number of nitrogens with zero attached hydrogens (tertiary/aromatic N) is 3. The predicted molar refractivity (Wildman–Crippen MR) is 69.2 cm³/mol. The minimum Gasteiger partial charge on any atom is -0.251 e. The summed E-state index contributed by atoms with van der Waals surface area (Å²) in [5, 5.41) is 12.6. The fourth-order valence-corrected chi connectivity index (χ4v) is 3.39. The third kappa shape index (κ3) is 3.16. The number of aryl methyl sites for hydroxylation is 1. The van der Waals surface area contributed by atoms with E-state index in [0.29, 0.717) is 5.69 Å². The van der Waals surface area contributed by atoms with Gasteiger partial charge in [0.15, 0.2) is 0 Å². The van der Waals surface area contributed by atoms with Gasteiger partial charge in [-0.25, -0.2) is 8.42 Å². The van der Waals surface area contributed by atoms with E-state index in [2.05, 4.69) is 5.10 Å². The first-order chi connectivity index (χ1) is 8.09. The van der Waals surface area contributed by atoms with Gasteiger partial charge in [-0.15, -0.1) is 0 Å². The van der Waals surface area contributed by atoms with Gasteiger partial charge in [-0.2, -0.15) is 10.4 Å². The molecule has 8 heteroatoms. The topological polar surface area (TPSA) is 75.8 Å². The molecule has 100 valence electrons. The minimum atomic E-state index is -3.98. The number of hydrogen-bond donors (Lipinski definition) is 0. The summed E-state index contributed by atoms with van der Waals surface area (Å²) in [4.78, 5) is -0.170. The van der Waals surface area contributed by atoms with Crippen LogP contribution in [0.2, 0.25) is 5.15 Å². The van der Waals surface area contributed by atoms with Crippen LogP contribution in [0.15, 0.2) is 4.90 Å². The van der Waals surface area contributed by atoms with E-state index in [1.807, 2.05) is 26.8 Å². The zero-order chi connectivity index (χ0) is 14.1. The molecular weight excluding hydrogens is 297 g/mol. The normalized spacial score (nSPS) is 12.4. The summed E-state index contributed by atoms with van der Waals surface area (Å²) >= 11 is 5.98. The summed E-state index contributed by atoms with van der Waals surface area (Å²) in [6, 6.07) is 1.95. The Morgan fingerprint density at radius 2 is 2.00 bits per heavy atom. The Hall–Kier alpha value is -0.770. The average Bonchev–Trinajstić information content (AvgIpc) is 2.51. The second-order valence-corrected chi connectivity index (χ2v) is 7.65. The van der Waals surface area contributed by atoms with Crippen LogP contribution in [0.1, 0.15) is 32.9 Å². The van der Waals surface area contributed by atoms with Crippen molar-refractivity contribution in [1.82, 2.24) is 9.78 Å². The van der Waals surface area contributed by atoms with Crippen LogP contribution in [0.3, 0.4) is 0 Å². The highest BCUT2D eigenvalue weighted by Crippen LogP contribution is 2.35. The van der Waals surface area contributed by atoms with Crippen molar-refractivity contribution in [3.63, 3.8) is 0 Å². The third-order valence-corrected chi connectivity index (χ3v) is 4.07. The fourth-order valence-electron chi connectivity index (χ4n) is 1.44. The van der Waals surface area contributed by atoms with Crippen LogP contribution < -0.4 is 0 Å². The molecule has 1 aromatic heterocycles. The molecule has 5 nitrogen and oxygen atoms in total. The third-order valence-electron chi connectivity index (χ3n) is 2.24. The fraction of sp³-hybridized carbons (Fsp3) is 0.600. The highest BCUT2D eigenvalue weighted by Gasteiger charge is 2.32. The van der Waals surface area contributed by atoms with Gasteiger partial charge in [0.05, 0.1) is 24.7 Å². The Morgan fingerprint density at radius 3 is 2.33 bits per heavy atom. The first kappa shape index (κ1) is 15.3. The lowest BCUT2D eigenvalue weighted by Crippen LogP contribution is -2.15. The van der Waals surface area contributed by atoms with Crippen molar-refractivity contribution >= 4 is 31.3 Å². The molecule has 0 aliphatic carbocycles. The monoisotopic (exact) mass is 309 g/mol. The summed E-state index contributed by atoms with van der Waals surface area (Å²) in [5.74, 6) is 0. The number of nitriles is 1. The number of rotatable bonds is 3. The van der Waals surface area contributed by atoms with Gasteiger partial charge in [0.2, 0.25) is 0 Å². The largest absolute Gasteiger partial charge is 0.266 e. The predicted octanol–water partition coefficient (Wildman–Crippen LogP) is 2.68. The molecule has 0 N–H and O–H groups in total. The van der Waals surface area contributed by atoms with Crippen LogP contribution in [0.4, 0.5) is 0 Å². The Balaban J connectivity index is 3.48. The van der Waals surface area contributed by atoms with Crippen LogP contribution in [0, 0.1) is 11.3 Å². The molecule has 1 rings (SSSR count). The maximum atomic E-state index is 11.6. The van der Waals surface area contributed by atoms with E-state index in [1.165, 1.54) is 4.68 Å². The van der Waals surface area contributed by atoms with Crippen LogP contribution in [-0.2, 0) is 21.0 Å². The van der Waals surface area contributed by atoms with E-state index in [0.717, 1.165) is 0 Å². The van der Waals surface area contributed by atoms with Gasteiger partial charge in [0.1, 0.15) is 10.0 Å². The van der Waals surface area contributed by atoms with Gasteiger partial charge in [-0.05, 0) is 0 Å². The Kier molecular flexibility index (Phi) is 4.31. The molecule has 1 aromatic rings. The zero-order valence-electron chi connectivity index (χ0n) is 10.2. The summed E-state index contributed by atoms with van der Waals surface area (Å²) in [7, 11) is 1.41. The second kappa shape index (κ2) is 5.08. The molecular formula is C10H13Cl2N3O2S. The number of halogens is 2. The Bertz CT molecular complexity index is 594. The van der Waals surface area contributed by atoms with E-state index in [-0.39, 0.29) is 23.0 Å². The van der Waals surface area contributed by atoms with Crippen molar-refractivity contribution in [1.29, 1.82) is 5.26 Å². The van der Waals surface area contributed by atoms with Crippen LogP contribution >= 0.6 is 22.3 Å². The maximum Gasteiger partial charge on any atom is 0.266 e. The summed E-state index contributed by atoms with van der Waals surface area (Å²) in [6.45, 7) is 5.66. The lowest BCUT2D eigenvalue weighted by molar-refractivity contribution is 0.527. The van der Waals surface area contributed by atoms with Crippen molar-refractivity contribution in [2.45, 2.75) is 44.0 Å². The highest BCUT2D eigenvalue weighted by atomic mass is 35.7. The summed E-state index contributed by atoms with van der Waals surface area (Å²) < 4.78 is 24.4. The number of hydrogen-bond acceptors (Lipinski definition) is 4. The maximum absolute atomic E-state index is 11.6. The Labute approximate surface area is 116 Å². The van der Waals surface area contributed by atoms with Crippen molar-refractivity contribution < 1.29 is 8.42 Å². The lowest BCUT2D eigenvalue weighted by atomic mass is 9.92. The molecule has 0 bridgehead atoms. The van der Waals surface area contributed by atoms with E-state index >= 15 is 0 Å². The van der Waals surface area contributed by atoms with Gasteiger partial charge >= 0.3 is 0 Å². The van der Waals surface area contributed by atoms with Crippen molar-refractivity contribution in [2.24, 2.45) is 0 Å². The molecule has 0 aliphatic heterocycles. The van der Waals surface area contributed by atoms with E-state index in [9.17, 15) is 8.42 Å². The molecule has 0 spiro atoms. The van der Waals surface area contributed by atoms with Gasteiger partial charge in [0.25, 0.3) is 9.05 Å². The van der Waals surface area contributed by atoms with Gasteiger partial charge in [-0.1, -0.05) is 32.4 Å². The molecule has 0 atom stereocenters. The summed E-state index contributed by atoms with van der Waals surface area (Å²) in [5.41, 5.74) is -0.209. The van der Waals surface area contributed by atoms with E-state index in [1.54, 1.807) is 0 Å². The zero-order valence-corrected chi connectivity index (χ0v) is 12.6. The van der Waals surface area contributed by atoms with Crippen molar-refractivity contribution in [2.75, 3.05) is 0 Å². The first-order valence-electron chi connectivity index (χ1n) is 5.17. The van der Waals surface area contributed by atoms with Crippen LogP contribution in [-0.4, -0.2) is 18.2 Å².